The molecule has 0 spiro atoms. The lowest BCUT2D eigenvalue weighted by Gasteiger charge is -2.76. The van der Waals surface area contributed by atoms with Gasteiger partial charge in [-0.05, 0) is 56.3 Å². The Kier molecular flexibility index (Phi) is 40.9. The Morgan fingerprint density at radius 3 is 0.966 bits per heavy atom. The van der Waals surface area contributed by atoms with E-state index >= 15 is 0 Å². The monoisotopic (exact) mass is 927 g/mol. The largest absolute Gasteiger partial charge is 0.0942 e. The van der Waals surface area contributed by atoms with Crippen molar-refractivity contribution in [2.45, 2.75) is 281 Å². The van der Waals surface area contributed by atoms with Crippen LogP contribution in [0.5, 0.6) is 0 Å². The molecule has 0 saturated carbocycles. The topological polar surface area (TPSA) is 0 Å². The average Bonchev–Trinajstić information content (AvgIpc) is 3.21. The summed E-state index contributed by atoms with van der Waals surface area (Å²) in [5.74, 6) is 11.1. The fourth-order valence-corrected chi connectivity index (χ4v) is 45.1. The minimum Gasteiger partial charge on any atom is -0.0942 e. The molecule has 0 heterocycles. The molecule has 0 N–H and O–H groups in total. The van der Waals surface area contributed by atoms with E-state index in [0.29, 0.717) is 0 Å². The van der Waals surface area contributed by atoms with Gasteiger partial charge in [-0.25, -0.2) is 0 Å². The molecule has 0 aliphatic heterocycles. The van der Waals surface area contributed by atoms with Crippen LogP contribution in [0.1, 0.15) is 281 Å². The second kappa shape index (κ2) is 39.5. The Morgan fingerprint density at radius 2 is 0.621 bits per heavy atom. The predicted molar refractivity (Wildman–Crippen MR) is 293 cm³/mol. The van der Waals surface area contributed by atoms with Gasteiger partial charge in [-0.15, -0.1) is 0 Å². The van der Waals surface area contributed by atoms with E-state index in [9.17, 15) is 0 Å². The summed E-state index contributed by atoms with van der Waals surface area (Å²) in [5, 5.41) is 0. The summed E-state index contributed by atoms with van der Waals surface area (Å²) in [6.45, 7) is 21.7. The Morgan fingerprint density at radius 1 is 0.310 bits per heavy atom. The molecule has 0 nitrogen and oxygen atoms in total. The number of rotatable bonds is 48. The highest BCUT2D eigenvalue weighted by Crippen LogP contribution is 3.22. The van der Waals surface area contributed by atoms with Crippen molar-refractivity contribution in [3.8, 4) is 0 Å². The third-order valence-corrected chi connectivity index (χ3v) is 49.1. The first kappa shape index (κ1) is 60.1. The van der Waals surface area contributed by atoms with Crippen LogP contribution < -0.4 is 0 Å². The summed E-state index contributed by atoms with van der Waals surface area (Å²) in [6, 6.07) is 0. The molecule has 58 heavy (non-hydrogen) atoms. The summed E-state index contributed by atoms with van der Waals surface area (Å²) in [6.07, 6.45) is 48.5. The standard InChI is InChI=1S/C52H110S6/c1-10-15-19-22-25-27-32-40-48-58(53-44-36-29-24-21-17-12-3,56-47-39-33-35-42-51(8)9,57-49-52(14-5)43-18-13-4,54-45-37-30-26-23-20-16-11-2)55-46-38-31-28-34-41-50(6)7/h50-52H,10-49H2,1-9H3. The summed E-state index contributed by atoms with van der Waals surface area (Å²) in [5.41, 5.74) is 0. The van der Waals surface area contributed by atoms with Crippen LogP contribution >= 0.6 is 57.4 Å². The van der Waals surface area contributed by atoms with Gasteiger partial charge in [0, 0.05) is 34.5 Å². The average molecular weight is 928 g/mol. The van der Waals surface area contributed by atoms with E-state index < -0.39 is 3.45 Å². The number of hydrogen-bond acceptors (Lipinski definition) is 5. The second-order valence-electron chi connectivity index (χ2n) is 19.2. The molecule has 0 rings (SSSR count). The zero-order chi connectivity index (χ0) is 43.0. The minimum atomic E-state index is -2.85. The molecule has 6 heteroatoms. The Balaban J connectivity index is 7.05. The van der Waals surface area contributed by atoms with E-state index in [0.717, 1.165) is 17.8 Å². The highest BCUT2D eigenvalue weighted by atomic mass is 34.4. The molecule has 0 aliphatic carbocycles. The predicted octanol–water partition coefficient (Wildman–Crippen LogP) is 22.4. The van der Waals surface area contributed by atoms with E-state index in [1.54, 1.807) is 0 Å². The van der Waals surface area contributed by atoms with Crippen LogP contribution in [0.25, 0.3) is 0 Å². The van der Waals surface area contributed by atoms with Crippen molar-refractivity contribution in [2.75, 3.05) is 34.5 Å². The Labute approximate surface area is 387 Å². The van der Waals surface area contributed by atoms with E-state index in [4.69, 9.17) is 0 Å². The fraction of sp³-hybridized carbons (Fsp3) is 1.00. The molecule has 0 aromatic heterocycles. The van der Waals surface area contributed by atoms with Gasteiger partial charge in [0.25, 0.3) is 0 Å². The van der Waals surface area contributed by atoms with Crippen LogP contribution in [0.15, 0.2) is 0 Å². The van der Waals surface area contributed by atoms with Crippen LogP contribution in [0.3, 0.4) is 0 Å². The van der Waals surface area contributed by atoms with E-state index in [2.05, 4.69) is 116 Å². The van der Waals surface area contributed by atoms with E-state index in [-0.39, 0.29) is 0 Å². The third-order valence-electron chi connectivity index (χ3n) is 12.3. The smallest absolute Gasteiger partial charge is 0.00652 e. The van der Waals surface area contributed by atoms with E-state index in [1.165, 1.54) is 253 Å². The SMILES string of the molecule is CCCCCCCCCCS(SCCCCCCCC)(SCCCCCCCCC)(SCCCCCCC(C)C)(SCCCCCC(C)C)SCC(CC)CCCC. The van der Waals surface area contributed by atoms with Gasteiger partial charge >= 0.3 is 0 Å². The first-order valence-corrected chi connectivity index (χ1v) is 36.6. The maximum atomic E-state index is 2.68. The molecule has 0 aromatic rings. The zero-order valence-electron chi connectivity index (χ0n) is 41.5. The molecule has 1 atom stereocenters. The van der Waals surface area contributed by atoms with Gasteiger partial charge in [0.1, 0.15) is 0 Å². The normalized spacial score (nSPS) is 14.1. The van der Waals surface area contributed by atoms with Crippen molar-refractivity contribution >= 4 is 57.4 Å². The molecule has 0 radical (unpaired) electrons. The molecule has 354 valence electrons. The summed E-state index contributed by atoms with van der Waals surface area (Å²) in [4.78, 5) is 0. The summed E-state index contributed by atoms with van der Waals surface area (Å²) >= 11 is 0. The fourth-order valence-electron chi connectivity index (χ4n) is 8.12. The van der Waals surface area contributed by atoms with Gasteiger partial charge in [0.15, 0.2) is 0 Å². The maximum Gasteiger partial charge on any atom is 0.00652 e. The van der Waals surface area contributed by atoms with Crippen LogP contribution in [-0.4, -0.2) is 34.5 Å². The van der Waals surface area contributed by atoms with Gasteiger partial charge in [0.2, 0.25) is 0 Å². The highest BCUT2D eigenvalue weighted by Gasteiger charge is 2.62. The lowest BCUT2D eigenvalue weighted by Crippen LogP contribution is -2.26. The van der Waals surface area contributed by atoms with Gasteiger partial charge in [0.05, 0.1) is 0 Å². The van der Waals surface area contributed by atoms with Gasteiger partial charge in [-0.2, -0.15) is 0 Å². The van der Waals surface area contributed by atoms with Crippen molar-refractivity contribution in [1.82, 2.24) is 0 Å². The third kappa shape index (κ3) is 30.3. The summed E-state index contributed by atoms with van der Waals surface area (Å²) in [7, 11) is 13.3. The maximum absolute atomic E-state index is 2.85. The molecule has 0 aromatic carbocycles. The second-order valence-corrected chi connectivity index (χ2v) is 48.7. The van der Waals surface area contributed by atoms with Crippen LogP contribution in [0.2, 0.25) is 0 Å². The van der Waals surface area contributed by atoms with E-state index in [1.807, 2.05) is 0 Å². The zero-order valence-corrected chi connectivity index (χ0v) is 46.4. The molecule has 0 fully saturated rings. The van der Waals surface area contributed by atoms with Gasteiger partial charge in [-0.3, -0.25) is 0 Å². The summed E-state index contributed by atoms with van der Waals surface area (Å²) < 4.78 is -2.85. The van der Waals surface area contributed by atoms with Crippen LogP contribution in [-0.2, 0) is 0 Å². The molecule has 0 aliphatic rings. The molecule has 0 saturated heterocycles. The molecular weight excluding hydrogens is 817 g/mol. The number of unbranched alkanes of at least 4 members (excludes halogenated alkanes) is 24. The number of hydrogen-bond donors (Lipinski definition) is 0. The van der Waals surface area contributed by atoms with Crippen molar-refractivity contribution < 1.29 is 0 Å². The van der Waals surface area contributed by atoms with Crippen molar-refractivity contribution in [3.63, 3.8) is 0 Å². The van der Waals surface area contributed by atoms with Crippen LogP contribution in [0, 0.1) is 17.8 Å². The first-order valence-electron chi connectivity index (χ1n) is 26.5. The van der Waals surface area contributed by atoms with Gasteiger partial charge in [-0.1, -0.05) is 300 Å². The molecule has 0 bridgehead atoms. The Bertz CT molecular complexity index is 841. The lowest BCUT2D eigenvalue weighted by molar-refractivity contribution is 0.500. The van der Waals surface area contributed by atoms with Crippen molar-refractivity contribution in [3.05, 3.63) is 0 Å². The van der Waals surface area contributed by atoms with Crippen molar-refractivity contribution in [1.29, 1.82) is 0 Å². The quantitative estimate of drug-likeness (QED) is 0.0439. The van der Waals surface area contributed by atoms with Crippen LogP contribution in [0.4, 0.5) is 0 Å². The Hall–Kier alpha value is 2.10. The first-order chi connectivity index (χ1) is 28.1. The lowest BCUT2D eigenvalue weighted by atomic mass is 10.0. The van der Waals surface area contributed by atoms with Gasteiger partial charge < -0.3 is 0 Å². The molecular formula is C52H110S6. The minimum absolute atomic E-state index is 0.838. The highest BCUT2D eigenvalue weighted by molar-refractivity contribution is 9.97. The molecule has 0 amide bonds. The molecule has 1 unspecified atom stereocenters. The van der Waals surface area contributed by atoms with Crippen molar-refractivity contribution in [2.24, 2.45) is 17.8 Å².